The zero-order chi connectivity index (χ0) is 13.7. The van der Waals surface area contributed by atoms with Gasteiger partial charge >= 0.3 is 0 Å². The van der Waals surface area contributed by atoms with E-state index < -0.39 is 0 Å². The van der Waals surface area contributed by atoms with E-state index in [-0.39, 0.29) is 0 Å². The number of halogens is 1. The second-order valence-electron chi connectivity index (χ2n) is 4.82. The first-order valence-electron chi connectivity index (χ1n) is 6.31. The van der Waals surface area contributed by atoms with E-state index >= 15 is 0 Å². The fourth-order valence-electron chi connectivity index (χ4n) is 1.99. The van der Waals surface area contributed by atoms with E-state index in [0.717, 1.165) is 29.2 Å². The summed E-state index contributed by atoms with van der Waals surface area (Å²) < 4.78 is 6.46. The predicted molar refractivity (Wildman–Crippen MR) is 85.8 cm³/mol. The third-order valence-corrected chi connectivity index (χ3v) is 3.43. The summed E-state index contributed by atoms with van der Waals surface area (Å²) >= 11 is 2.18. The third kappa shape index (κ3) is 4.63. The molecule has 1 heterocycles. The van der Waals surface area contributed by atoms with Crippen molar-refractivity contribution in [1.29, 1.82) is 0 Å². The molecule has 19 heavy (non-hydrogen) atoms. The smallest absolute Gasteiger partial charge is 0.164 e. The average Bonchev–Trinajstić information content (AvgIpc) is 2.77. The molecule has 2 aromatic rings. The van der Waals surface area contributed by atoms with Crippen LogP contribution in [0.1, 0.15) is 16.9 Å². The molecule has 0 radical (unpaired) electrons. The van der Waals surface area contributed by atoms with Crippen molar-refractivity contribution in [1.82, 2.24) is 10.2 Å². The summed E-state index contributed by atoms with van der Waals surface area (Å²) in [6, 6.07) is 12.5. The molecule has 0 spiro atoms. The normalized spacial score (nSPS) is 11.2. The van der Waals surface area contributed by atoms with Crippen molar-refractivity contribution in [2.45, 2.75) is 19.6 Å². The van der Waals surface area contributed by atoms with Crippen molar-refractivity contribution in [3.8, 4) is 0 Å². The summed E-state index contributed by atoms with van der Waals surface area (Å²) in [4.78, 5) is 2.19. The minimum absolute atomic E-state index is 0.763. The predicted octanol–water partition coefficient (Wildman–Crippen LogP) is 3.24. The molecule has 0 fully saturated rings. The minimum Gasteiger partial charge on any atom is -0.454 e. The van der Waals surface area contributed by atoms with Gasteiger partial charge in [0.2, 0.25) is 0 Å². The largest absolute Gasteiger partial charge is 0.454 e. The van der Waals surface area contributed by atoms with Crippen molar-refractivity contribution < 1.29 is 4.42 Å². The summed E-state index contributed by atoms with van der Waals surface area (Å²) in [5, 5.41) is 3.43. The highest BCUT2D eigenvalue weighted by Crippen LogP contribution is 2.12. The summed E-state index contributed by atoms with van der Waals surface area (Å²) in [6.45, 7) is 2.59. The summed E-state index contributed by atoms with van der Waals surface area (Å²) in [7, 11) is 4.18. The zero-order valence-electron chi connectivity index (χ0n) is 11.3. The molecule has 0 saturated heterocycles. The number of benzene rings is 1. The zero-order valence-corrected chi connectivity index (χ0v) is 13.5. The van der Waals surface area contributed by atoms with Gasteiger partial charge in [-0.25, -0.2) is 0 Å². The van der Waals surface area contributed by atoms with Gasteiger partial charge in [0, 0.05) is 13.1 Å². The molecule has 3 nitrogen and oxygen atoms in total. The maximum absolute atomic E-state index is 5.53. The Labute approximate surface area is 128 Å². The molecule has 1 aromatic carbocycles. The quantitative estimate of drug-likeness (QED) is 0.792. The van der Waals surface area contributed by atoms with Crippen LogP contribution in [0.3, 0.4) is 0 Å². The van der Waals surface area contributed by atoms with E-state index in [4.69, 9.17) is 4.42 Å². The highest BCUT2D eigenvalue weighted by Gasteiger charge is 2.04. The topological polar surface area (TPSA) is 28.4 Å². The lowest BCUT2D eigenvalue weighted by Gasteiger charge is -2.14. The Bertz CT molecular complexity index is 522. The monoisotopic (exact) mass is 370 g/mol. The first-order chi connectivity index (χ1) is 9.15. The molecule has 0 aliphatic heterocycles. The molecule has 2 rings (SSSR count). The molecule has 0 aliphatic rings. The number of furan rings is 1. The summed E-state index contributed by atoms with van der Waals surface area (Å²) in [5.41, 5.74) is 2.71. The van der Waals surface area contributed by atoms with Gasteiger partial charge in [-0.3, -0.25) is 0 Å². The van der Waals surface area contributed by atoms with Gasteiger partial charge in [-0.1, -0.05) is 24.3 Å². The second-order valence-corrected chi connectivity index (χ2v) is 5.88. The Morgan fingerprint density at radius 1 is 1.05 bits per heavy atom. The lowest BCUT2D eigenvalue weighted by atomic mass is 10.1. The molecule has 0 atom stereocenters. The average molecular weight is 370 g/mol. The van der Waals surface area contributed by atoms with Gasteiger partial charge in [-0.2, -0.15) is 0 Å². The number of hydrogen-bond donors (Lipinski definition) is 1. The molecule has 0 bridgehead atoms. The standard InChI is InChI=1S/C15H19IN2O/c1-18(2)11-13-6-4-3-5-12(13)9-17-10-14-7-8-15(16)19-14/h3-8,17H,9-11H2,1-2H3. The fraction of sp³-hybridized carbons (Fsp3) is 0.333. The van der Waals surface area contributed by atoms with Crippen LogP contribution in [0.4, 0.5) is 0 Å². The van der Waals surface area contributed by atoms with Crippen LogP contribution < -0.4 is 5.32 Å². The molecule has 1 N–H and O–H groups in total. The molecular weight excluding hydrogens is 351 g/mol. The molecular formula is C15H19IN2O. The van der Waals surface area contributed by atoms with E-state index in [0.29, 0.717) is 0 Å². The minimum atomic E-state index is 0.763. The highest BCUT2D eigenvalue weighted by molar-refractivity contribution is 14.1. The lowest BCUT2D eigenvalue weighted by molar-refractivity contribution is 0.399. The highest BCUT2D eigenvalue weighted by atomic mass is 127. The van der Waals surface area contributed by atoms with Gasteiger partial charge in [0.25, 0.3) is 0 Å². The van der Waals surface area contributed by atoms with E-state index in [1.807, 2.05) is 12.1 Å². The Balaban J connectivity index is 1.92. The van der Waals surface area contributed by atoms with Crippen LogP contribution in [0.5, 0.6) is 0 Å². The number of rotatable bonds is 6. The number of nitrogens with one attached hydrogen (secondary N) is 1. The molecule has 4 heteroatoms. The van der Waals surface area contributed by atoms with E-state index in [2.05, 4.69) is 71.2 Å². The van der Waals surface area contributed by atoms with Crippen LogP contribution in [-0.2, 0) is 19.6 Å². The van der Waals surface area contributed by atoms with Gasteiger partial charge in [-0.05, 0) is 59.9 Å². The fourth-order valence-corrected chi connectivity index (χ4v) is 2.45. The SMILES string of the molecule is CN(C)Cc1ccccc1CNCc1ccc(I)o1. The molecule has 102 valence electrons. The van der Waals surface area contributed by atoms with Crippen molar-refractivity contribution in [2.24, 2.45) is 0 Å². The van der Waals surface area contributed by atoms with Crippen LogP contribution in [0.25, 0.3) is 0 Å². The summed E-state index contributed by atoms with van der Waals surface area (Å²) in [6.07, 6.45) is 0. The van der Waals surface area contributed by atoms with Crippen molar-refractivity contribution >= 4 is 22.6 Å². The molecule has 0 aliphatic carbocycles. The first-order valence-corrected chi connectivity index (χ1v) is 7.39. The van der Waals surface area contributed by atoms with Crippen LogP contribution >= 0.6 is 22.6 Å². The Morgan fingerprint density at radius 2 is 1.79 bits per heavy atom. The van der Waals surface area contributed by atoms with Gasteiger partial charge in [0.15, 0.2) is 3.77 Å². The second kappa shape index (κ2) is 7.07. The maximum Gasteiger partial charge on any atom is 0.164 e. The summed E-state index contributed by atoms with van der Waals surface area (Å²) in [5.74, 6) is 0.981. The van der Waals surface area contributed by atoms with Gasteiger partial charge in [0.1, 0.15) is 5.76 Å². The molecule has 0 saturated carbocycles. The molecule has 0 unspecified atom stereocenters. The van der Waals surface area contributed by atoms with E-state index in [1.165, 1.54) is 11.1 Å². The third-order valence-electron chi connectivity index (χ3n) is 2.85. The lowest BCUT2D eigenvalue weighted by Crippen LogP contribution is -2.17. The van der Waals surface area contributed by atoms with Gasteiger partial charge < -0.3 is 14.6 Å². The molecule has 0 amide bonds. The van der Waals surface area contributed by atoms with Crippen molar-refractivity contribution in [3.63, 3.8) is 0 Å². The first kappa shape index (κ1) is 14.6. The van der Waals surface area contributed by atoms with Crippen LogP contribution in [0.2, 0.25) is 0 Å². The van der Waals surface area contributed by atoms with Gasteiger partial charge in [-0.15, -0.1) is 0 Å². The van der Waals surface area contributed by atoms with Gasteiger partial charge in [0.05, 0.1) is 6.54 Å². The number of nitrogens with zero attached hydrogens (tertiary/aromatic N) is 1. The van der Waals surface area contributed by atoms with Crippen LogP contribution in [-0.4, -0.2) is 19.0 Å². The maximum atomic E-state index is 5.53. The van der Waals surface area contributed by atoms with E-state index in [9.17, 15) is 0 Å². The Morgan fingerprint density at radius 3 is 2.42 bits per heavy atom. The molecule has 1 aromatic heterocycles. The Hall–Kier alpha value is -0.850. The van der Waals surface area contributed by atoms with Crippen LogP contribution in [0.15, 0.2) is 40.8 Å². The van der Waals surface area contributed by atoms with Crippen molar-refractivity contribution in [2.75, 3.05) is 14.1 Å². The van der Waals surface area contributed by atoms with Crippen LogP contribution in [0, 0.1) is 3.77 Å². The number of hydrogen-bond acceptors (Lipinski definition) is 3. The van der Waals surface area contributed by atoms with Crippen molar-refractivity contribution in [3.05, 3.63) is 57.1 Å². The Kier molecular flexibility index (Phi) is 5.42. The van der Waals surface area contributed by atoms with E-state index in [1.54, 1.807) is 0 Å².